The molecule has 256 valence electrons. The Hall–Kier alpha value is -3.68. The van der Waals surface area contributed by atoms with Crippen LogP contribution >= 0.6 is 11.6 Å². The lowest BCUT2D eigenvalue weighted by Crippen LogP contribution is -2.33. The van der Waals surface area contributed by atoms with Gasteiger partial charge in [0.25, 0.3) is 0 Å². The number of fused-ring (bicyclic) bond motifs is 1. The third-order valence-corrected chi connectivity index (χ3v) is 10.5. The van der Waals surface area contributed by atoms with Crippen LogP contribution in [0.1, 0.15) is 25.7 Å². The molecular formula is C35H45ClN6O5Si. The molecule has 2 aromatic carbocycles. The Bertz CT molecular complexity index is 1700. The number of carbonyl (C=O) groups is 1. The molecule has 6 rings (SSSR count). The predicted octanol–water partition coefficient (Wildman–Crippen LogP) is 6.98. The van der Waals surface area contributed by atoms with Crippen molar-refractivity contribution in [1.82, 2.24) is 24.8 Å². The summed E-state index contributed by atoms with van der Waals surface area (Å²) in [6, 6.07) is 15.9. The number of β-amino-alcohol motifs (C(OH)–C–C–N with tert-alkyl or cyclic N) is 1. The van der Waals surface area contributed by atoms with Crippen LogP contribution in [0, 0.1) is 0 Å². The predicted molar refractivity (Wildman–Crippen MR) is 191 cm³/mol. The van der Waals surface area contributed by atoms with Gasteiger partial charge in [-0.15, -0.1) is 0 Å². The topological polar surface area (TPSA) is 123 Å². The Balaban J connectivity index is 1.20. The number of rotatable bonds is 15. The number of amides is 2. The summed E-state index contributed by atoms with van der Waals surface area (Å²) in [5.41, 5.74) is 3.01. The fraction of sp³-hybridized carbons (Fsp3) is 0.457. The lowest BCUT2D eigenvalue weighted by molar-refractivity contribution is 0.0758. The van der Waals surface area contributed by atoms with Crippen molar-refractivity contribution in [2.24, 2.45) is 0 Å². The molecule has 2 aliphatic rings. The van der Waals surface area contributed by atoms with Crippen LogP contribution in [0.15, 0.2) is 54.9 Å². The van der Waals surface area contributed by atoms with Crippen LogP contribution in [0.2, 0.25) is 30.7 Å². The fourth-order valence-electron chi connectivity index (χ4n) is 5.60. The largest absolute Gasteiger partial charge is 0.491 e. The Morgan fingerprint density at radius 2 is 1.81 bits per heavy atom. The summed E-state index contributed by atoms with van der Waals surface area (Å²) in [6.45, 7) is 10.9. The number of nitrogens with one attached hydrogen (secondary N) is 2. The zero-order valence-electron chi connectivity index (χ0n) is 27.9. The van der Waals surface area contributed by atoms with E-state index in [9.17, 15) is 9.90 Å². The zero-order chi connectivity index (χ0) is 33.7. The van der Waals surface area contributed by atoms with Gasteiger partial charge in [0.15, 0.2) is 0 Å². The Morgan fingerprint density at radius 1 is 1.06 bits per heavy atom. The maximum Gasteiger partial charge on any atom is 0.319 e. The standard InChI is InChI=1S/C35H45ClN6O5Si/c1-48(2,3)17-16-45-23-42-32(24-6-10-27(11-7-24)46-21-26(43)20-41-14-4-5-15-41)19-29-33(42)37-22-38-34(29)47-28-12-13-31(30(36)18-28)40-35(44)39-25-8-9-25/h6-7,10-13,18-19,22,25-26,43H,4-5,8-9,14-17,20-21,23H2,1-3H3,(H2,39,40,44)/t26-/m1/s1. The molecule has 13 heteroatoms. The van der Waals surface area contributed by atoms with E-state index in [-0.39, 0.29) is 18.7 Å². The van der Waals surface area contributed by atoms with E-state index in [1.54, 1.807) is 18.2 Å². The smallest absolute Gasteiger partial charge is 0.319 e. The number of carbonyl (C=O) groups excluding carboxylic acids is 1. The summed E-state index contributed by atoms with van der Waals surface area (Å²) in [5.74, 6) is 1.54. The minimum Gasteiger partial charge on any atom is -0.491 e. The Labute approximate surface area is 287 Å². The monoisotopic (exact) mass is 692 g/mol. The molecule has 3 N–H and O–H groups in total. The number of aliphatic hydroxyl groups excluding tert-OH is 1. The highest BCUT2D eigenvalue weighted by molar-refractivity contribution is 6.76. The molecule has 4 aromatic rings. The van der Waals surface area contributed by atoms with Crippen molar-refractivity contribution in [3.8, 4) is 28.6 Å². The van der Waals surface area contributed by atoms with Crippen molar-refractivity contribution >= 4 is 42.4 Å². The summed E-state index contributed by atoms with van der Waals surface area (Å²) >= 11 is 6.51. The first-order chi connectivity index (χ1) is 23.1. The molecule has 2 aromatic heterocycles. The molecule has 0 bridgehead atoms. The molecule has 0 radical (unpaired) electrons. The zero-order valence-corrected chi connectivity index (χ0v) is 29.6. The lowest BCUT2D eigenvalue weighted by atomic mass is 10.1. The third-order valence-electron chi connectivity index (χ3n) is 8.45. The molecule has 1 aliphatic heterocycles. The number of aliphatic hydroxyl groups is 1. The summed E-state index contributed by atoms with van der Waals surface area (Å²) in [7, 11) is -1.27. The number of urea groups is 1. The van der Waals surface area contributed by atoms with Gasteiger partial charge in [-0.2, -0.15) is 0 Å². The quantitative estimate of drug-likeness (QED) is 0.0902. The molecule has 1 atom stereocenters. The van der Waals surface area contributed by atoms with E-state index in [1.165, 1.54) is 19.2 Å². The number of aromatic nitrogens is 3. The van der Waals surface area contributed by atoms with Gasteiger partial charge in [-0.25, -0.2) is 14.8 Å². The molecule has 2 fully saturated rings. The number of hydrogen-bond acceptors (Lipinski definition) is 8. The van der Waals surface area contributed by atoms with Crippen LogP contribution in [0.5, 0.6) is 17.4 Å². The molecule has 1 saturated heterocycles. The van der Waals surface area contributed by atoms with Gasteiger partial charge in [0.1, 0.15) is 42.9 Å². The van der Waals surface area contributed by atoms with Gasteiger partial charge in [0.05, 0.1) is 21.8 Å². The molecule has 1 saturated carbocycles. The molecule has 0 spiro atoms. The molecule has 1 aliphatic carbocycles. The Morgan fingerprint density at radius 3 is 2.52 bits per heavy atom. The second-order valence-corrected chi connectivity index (χ2v) is 19.9. The van der Waals surface area contributed by atoms with Crippen molar-refractivity contribution < 1.29 is 24.1 Å². The number of nitrogens with zero attached hydrogens (tertiary/aromatic N) is 4. The number of ether oxygens (including phenoxy) is 3. The second kappa shape index (κ2) is 15.3. The van der Waals surface area contributed by atoms with Crippen molar-refractivity contribution in [2.45, 2.75) is 70.2 Å². The number of anilines is 1. The minimum atomic E-state index is -1.27. The summed E-state index contributed by atoms with van der Waals surface area (Å²) in [6.07, 6.45) is 5.32. The van der Waals surface area contributed by atoms with Crippen LogP contribution in [-0.4, -0.2) is 83.6 Å². The van der Waals surface area contributed by atoms with Crippen LogP contribution < -0.4 is 20.1 Å². The van der Waals surface area contributed by atoms with E-state index in [0.29, 0.717) is 59.0 Å². The summed E-state index contributed by atoms with van der Waals surface area (Å²) in [5, 5.41) is 17.2. The summed E-state index contributed by atoms with van der Waals surface area (Å²) < 4.78 is 20.4. The average molecular weight is 693 g/mol. The van der Waals surface area contributed by atoms with E-state index >= 15 is 0 Å². The van der Waals surface area contributed by atoms with Gasteiger partial charge < -0.3 is 39.4 Å². The first-order valence-electron chi connectivity index (χ1n) is 16.7. The van der Waals surface area contributed by atoms with E-state index in [4.69, 9.17) is 25.8 Å². The SMILES string of the molecule is C[Si](C)(C)CCOCn1c(-c2ccc(OC[C@H](O)CN3CCCC3)cc2)cc2c(Oc3ccc(NC(=O)NC4CC4)c(Cl)c3)ncnc21. The van der Waals surface area contributed by atoms with Crippen LogP contribution in [0.4, 0.5) is 10.5 Å². The number of likely N-dealkylation sites (tertiary alicyclic amines) is 1. The Kier molecular flexibility index (Phi) is 10.9. The van der Waals surface area contributed by atoms with Gasteiger partial charge in [-0.3, -0.25) is 0 Å². The average Bonchev–Trinajstić information content (AvgIpc) is 3.55. The van der Waals surface area contributed by atoms with E-state index in [2.05, 4.69) is 45.1 Å². The number of benzene rings is 2. The van der Waals surface area contributed by atoms with Crippen LogP contribution in [0.25, 0.3) is 22.3 Å². The highest BCUT2D eigenvalue weighted by atomic mass is 35.5. The third kappa shape index (κ3) is 9.26. The van der Waals surface area contributed by atoms with Gasteiger partial charge in [-0.1, -0.05) is 31.2 Å². The van der Waals surface area contributed by atoms with Gasteiger partial charge >= 0.3 is 6.03 Å². The normalized spacial score (nSPS) is 15.9. The van der Waals surface area contributed by atoms with Gasteiger partial charge in [0, 0.05) is 33.3 Å². The highest BCUT2D eigenvalue weighted by Gasteiger charge is 2.24. The van der Waals surface area contributed by atoms with E-state index in [0.717, 1.165) is 43.2 Å². The highest BCUT2D eigenvalue weighted by Crippen LogP contribution is 2.36. The maximum atomic E-state index is 12.2. The minimum absolute atomic E-state index is 0.240. The molecule has 0 unspecified atom stereocenters. The van der Waals surface area contributed by atoms with Gasteiger partial charge in [-0.05, 0) is 92.8 Å². The molecule has 11 nitrogen and oxygen atoms in total. The lowest BCUT2D eigenvalue weighted by Gasteiger charge is -2.19. The molecule has 3 heterocycles. The first kappa shape index (κ1) is 34.2. The maximum absolute atomic E-state index is 12.2. The first-order valence-corrected chi connectivity index (χ1v) is 20.8. The number of hydrogen-bond donors (Lipinski definition) is 3. The van der Waals surface area contributed by atoms with Crippen LogP contribution in [0.3, 0.4) is 0 Å². The fourth-order valence-corrected chi connectivity index (χ4v) is 6.57. The van der Waals surface area contributed by atoms with Gasteiger partial charge in [0.2, 0.25) is 5.88 Å². The number of halogens is 1. The van der Waals surface area contributed by atoms with Crippen molar-refractivity contribution in [3.05, 3.63) is 59.9 Å². The molecule has 48 heavy (non-hydrogen) atoms. The second-order valence-electron chi connectivity index (χ2n) is 13.8. The van der Waals surface area contributed by atoms with Crippen LogP contribution in [-0.2, 0) is 11.5 Å². The molecular weight excluding hydrogens is 648 g/mol. The molecule has 2 amide bonds. The summed E-state index contributed by atoms with van der Waals surface area (Å²) in [4.78, 5) is 23.6. The van der Waals surface area contributed by atoms with E-state index < -0.39 is 14.2 Å². The van der Waals surface area contributed by atoms with E-state index in [1.807, 2.05) is 34.9 Å². The van der Waals surface area contributed by atoms with Crippen molar-refractivity contribution in [1.29, 1.82) is 0 Å². The van der Waals surface area contributed by atoms with Crippen molar-refractivity contribution in [3.63, 3.8) is 0 Å². The van der Waals surface area contributed by atoms with Crippen molar-refractivity contribution in [2.75, 3.05) is 38.2 Å².